The molecule has 2 aromatic heterocycles. The fraction of sp³-hybridized carbons (Fsp3) is 0.458. The van der Waals surface area contributed by atoms with Crippen LogP contribution < -0.4 is 10.9 Å². The lowest BCUT2D eigenvalue weighted by Crippen LogP contribution is -2.58. The number of nitrogens with one attached hydrogen (secondary N) is 1. The average molecular weight is 467 g/mol. The van der Waals surface area contributed by atoms with Crippen molar-refractivity contribution in [3.63, 3.8) is 0 Å². The Kier molecular flexibility index (Phi) is 4.73. The Morgan fingerprint density at radius 1 is 1.23 bits per heavy atom. The first-order valence-electron chi connectivity index (χ1n) is 10.7. The van der Waals surface area contributed by atoms with Gasteiger partial charge in [0.2, 0.25) is 0 Å². The highest BCUT2D eigenvalue weighted by atomic mass is 79.9. The Bertz CT molecular complexity index is 1170. The number of pyridine rings is 1. The Balaban J connectivity index is 1.39. The molecule has 3 saturated carbocycles. The molecule has 0 aliphatic heterocycles. The van der Waals surface area contributed by atoms with Gasteiger partial charge in [0.1, 0.15) is 4.47 Å². The van der Waals surface area contributed by atoms with Crippen LogP contribution in [0.3, 0.4) is 0 Å². The Morgan fingerprint density at radius 3 is 2.80 bits per heavy atom. The molecule has 3 aliphatic rings. The number of hydrogen-bond acceptors (Lipinski definition) is 4. The van der Waals surface area contributed by atoms with Crippen molar-refractivity contribution >= 4 is 32.5 Å². The minimum Gasteiger partial charge on any atom is -0.380 e. The van der Waals surface area contributed by atoms with Gasteiger partial charge in [-0.15, -0.1) is 0 Å². The van der Waals surface area contributed by atoms with E-state index in [1.807, 2.05) is 30.3 Å². The van der Waals surface area contributed by atoms with Crippen LogP contribution in [0.5, 0.6) is 0 Å². The zero-order valence-corrected chi connectivity index (χ0v) is 19.2. The smallest absolute Gasteiger partial charge is 0.283 e. The van der Waals surface area contributed by atoms with E-state index in [1.165, 1.54) is 11.1 Å². The summed E-state index contributed by atoms with van der Waals surface area (Å²) in [6.45, 7) is 7.56. The topological polar surface area (TPSA) is 59.8 Å². The van der Waals surface area contributed by atoms with Gasteiger partial charge in [0.15, 0.2) is 0 Å². The van der Waals surface area contributed by atoms with Gasteiger partial charge in [-0.2, -0.15) is 5.10 Å². The van der Waals surface area contributed by atoms with Gasteiger partial charge in [-0.3, -0.25) is 9.78 Å². The average Bonchev–Trinajstić information content (AvgIpc) is 2.74. The van der Waals surface area contributed by atoms with Crippen molar-refractivity contribution in [2.45, 2.75) is 46.2 Å². The largest absolute Gasteiger partial charge is 0.380 e. The zero-order valence-electron chi connectivity index (χ0n) is 17.6. The Hall–Kier alpha value is -2.21. The van der Waals surface area contributed by atoms with Crippen molar-refractivity contribution in [1.82, 2.24) is 14.8 Å². The summed E-state index contributed by atoms with van der Waals surface area (Å²) in [6, 6.07) is 10.3. The van der Waals surface area contributed by atoms with Gasteiger partial charge in [-0.25, -0.2) is 4.68 Å². The van der Waals surface area contributed by atoms with E-state index in [4.69, 9.17) is 0 Å². The number of benzene rings is 1. The molecule has 1 aromatic carbocycles. The van der Waals surface area contributed by atoms with E-state index in [0.29, 0.717) is 28.4 Å². The van der Waals surface area contributed by atoms with E-state index in [2.05, 4.69) is 52.1 Å². The predicted molar refractivity (Wildman–Crippen MR) is 124 cm³/mol. The quantitative estimate of drug-likeness (QED) is 0.581. The van der Waals surface area contributed by atoms with Crippen molar-refractivity contribution < 1.29 is 0 Å². The van der Waals surface area contributed by atoms with Crippen molar-refractivity contribution in [3.8, 4) is 0 Å². The van der Waals surface area contributed by atoms with Crippen LogP contribution >= 0.6 is 15.9 Å². The third kappa shape index (κ3) is 3.08. The van der Waals surface area contributed by atoms with E-state index >= 15 is 0 Å². The molecule has 3 fully saturated rings. The summed E-state index contributed by atoms with van der Waals surface area (Å²) in [5, 5.41) is 9.15. The summed E-state index contributed by atoms with van der Waals surface area (Å²) in [5.41, 5.74) is 3.09. The van der Waals surface area contributed by atoms with Gasteiger partial charge >= 0.3 is 0 Å². The second kappa shape index (κ2) is 7.19. The first-order valence-corrected chi connectivity index (χ1v) is 11.5. The van der Waals surface area contributed by atoms with Crippen molar-refractivity contribution in [2.24, 2.45) is 23.2 Å². The summed E-state index contributed by atoms with van der Waals surface area (Å²) in [5.74, 6) is 2.10. The molecule has 2 bridgehead atoms. The highest BCUT2D eigenvalue weighted by molar-refractivity contribution is 9.10. The first-order chi connectivity index (χ1) is 14.4. The maximum absolute atomic E-state index is 13.0. The van der Waals surface area contributed by atoms with E-state index in [9.17, 15) is 4.79 Å². The number of fused-ring (bicyclic) bond motifs is 3. The second-order valence-electron chi connectivity index (χ2n) is 9.53. The number of para-hydroxylation sites is 1. The molecule has 4 atom stereocenters. The maximum Gasteiger partial charge on any atom is 0.283 e. The fourth-order valence-corrected chi connectivity index (χ4v) is 6.09. The molecule has 5 nitrogen and oxygen atoms in total. The zero-order chi connectivity index (χ0) is 21.0. The predicted octanol–water partition coefficient (Wildman–Crippen LogP) is 5.08. The summed E-state index contributed by atoms with van der Waals surface area (Å²) >= 11 is 3.54. The molecule has 0 saturated heterocycles. The SMILES string of the molecule is C[C@@H]1C2CC(C[C@H]1Nc1cnn(Cc3ccnc4ccccc34)c(=O)c1Br)C2(C)C. The molecule has 3 aliphatic carbocycles. The van der Waals surface area contributed by atoms with Gasteiger partial charge in [-0.1, -0.05) is 39.0 Å². The molecular formula is C24H27BrN4O. The minimum atomic E-state index is -0.116. The summed E-state index contributed by atoms with van der Waals surface area (Å²) in [4.78, 5) is 17.4. The monoisotopic (exact) mass is 466 g/mol. The minimum absolute atomic E-state index is 0.116. The van der Waals surface area contributed by atoms with Crippen LogP contribution in [0, 0.1) is 23.2 Å². The molecule has 3 aromatic rings. The molecule has 156 valence electrons. The van der Waals surface area contributed by atoms with Gasteiger partial charge in [0, 0.05) is 17.6 Å². The molecule has 0 amide bonds. The van der Waals surface area contributed by atoms with Crippen LogP contribution in [0.25, 0.3) is 10.9 Å². The van der Waals surface area contributed by atoms with Gasteiger partial charge in [0.25, 0.3) is 5.56 Å². The van der Waals surface area contributed by atoms with Crippen LogP contribution in [0.4, 0.5) is 5.69 Å². The third-order valence-corrected chi connectivity index (χ3v) is 8.51. The van der Waals surface area contributed by atoms with Crippen molar-refractivity contribution in [2.75, 3.05) is 5.32 Å². The Morgan fingerprint density at radius 2 is 2.03 bits per heavy atom. The number of aromatic nitrogens is 3. The van der Waals surface area contributed by atoms with Crippen molar-refractivity contribution in [1.29, 1.82) is 0 Å². The summed E-state index contributed by atoms with van der Waals surface area (Å²) in [7, 11) is 0. The van der Waals surface area contributed by atoms with Crippen LogP contribution in [0.2, 0.25) is 0 Å². The van der Waals surface area contributed by atoms with E-state index in [-0.39, 0.29) is 5.56 Å². The summed E-state index contributed by atoms with van der Waals surface area (Å²) < 4.78 is 2.07. The number of nitrogens with zero attached hydrogens (tertiary/aromatic N) is 3. The number of rotatable bonds is 4. The molecule has 2 heterocycles. The van der Waals surface area contributed by atoms with E-state index < -0.39 is 0 Å². The normalized spacial score (nSPS) is 26.9. The number of hydrogen-bond donors (Lipinski definition) is 1. The van der Waals surface area contributed by atoms with E-state index in [1.54, 1.807) is 12.4 Å². The van der Waals surface area contributed by atoms with Gasteiger partial charge in [-0.05, 0) is 69.6 Å². The molecule has 2 unspecified atom stereocenters. The standard InChI is InChI=1S/C24H27BrN4O/c1-14-18-10-16(24(18,2)3)11-20(14)28-21-12-27-29(23(30)22(21)25)13-15-8-9-26-19-7-5-4-6-17(15)19/h4-9,12,14,16,18,20,28H,10-11,13H2,1-3H3/t14-,16?,18?,20-/m1/s1. The maximum atomic E-state index is 13.0. The lowest BCUT2D eigenvalue weighted by molar-refractivity contribution is -0.105. The molecule has 1 N–H and O–H groups in total. The van der Waals surface area contributed by atoms with E-state index in [0.717, 1.165) is 40.4 Å². The lowest BCUT2D eigenvalue weighted by Gasteiger charge is -2.62. The van der Waals surface area contributed by atoms with Gasteiger partial charge in [0.05, 0.1) is 23.9 Å². The molecule has 30 heavy (non-hydrogen) atoms. The number of anilines is 1. The first kappa shape index (κ1) is 19.7. The molecule has 0 spiro atoms. The fourth-order valence-electron chi connectivity index (χ4n) is 5.67. The van der Waals surface area contributed by atoms with Crippen LogP contribution in [-0.2, 0) is 6.54 Å². The highest BCUT2D eigenvalue weighted by Gasteiger charge is 2.56. The van der Waals surface area contributed by atoms with Gasteiger partial charge < -0.3 is 5.32 Å². The Labute approximate surface area is 185 Å². The molecular weight excluding hydrogens is 440 g/mol. The molecule has 6 heteroatoms. The van der Waals surface area contributed by atoms with Crippen molar-refractivity contribution in [3.05, 3.63) is 63.1 Å². The van der Waals surface area contributed by atoms with Crippen LogP contribution in [0.1, 0.15) is 39.2 Å². The molecule has 6 rings (SSSR count). The lowest BCUT2D eigenvalue weighted by atomic mass is 9.45. The highest BCUT2D eigenvalue weighted by Crippen LogP contribution is 2.61. The van der Waals surface area contributed by atoms with Crippen LogP contribution in [-0.4, -0.2) is 20.8 Å². The van der Waals surface area contributed by atoms with Crippen LogP contribution in [0.15, 0.2) is 52.0 Å². The molecule has 0 radical (unpaired) electrons. The third-order valence-electron chi connectivity index (χ3n) is 7.74. The second-order valence-corrected chi connectivity index (χ2v) is 10.3. The number of halogens is 1. The summed E-state index contributed by atoms with van der Waals surface area (Å²) in [6.07, 6.45) is 6.06.